The fraction of sp³-hybridized carbons (Fsp3) is 0.444. The van der Waals surface area contributed by atoms with E-state index in [4.69, 9.17) is 4.74 Å². The van der Waals surface area contributed by atoms with E-state index in [2.05, 4.69) is 15.1 Å². The Kier molecular flexibility index (Phi) is 6.59. The van der Waals surface area contributed by atoms with Crippen molar-refractivity contribution < 1.29 is 17.9 Å². The van der Waals surface area contributed by atoms with Gasteiger partial charge in [-0.15, -0.1) is 0 Å². The molecule has 0 aliphatic carbocycles. The molecule has 2 aromatic rings. The average Bonchev–Trinajstić information content (AvgIpc) is 3.37. The Hall–Kier alpha value is -2.23. The largest absolute Gasteiger partial charge is 0.377 e. The van der Waals surface area contributed by atoms with Crippen LogP contribution in [-0.2, 0) is 21.3 Å². The highest BCUT2D eigenvalue weighted by Gasteiger charge is 2.21. The van der Waals surface area contributed by atoms with Gasteiger partial charge in [0.15, 0.2) is 0 Å². The van der Waals surface area contributed by atoms with E-state index in [1.807, 2.05) is 12.3 Å². The van der Waals surface area contributed by atoms with Crippen LogP contribution in [0.2, 0.25) is 0 Å². The third kappa shape index (κ3) is 5.62. The first-order valence-electron chi connectivity index (χ1n) is 9.01. The second-order valence-corrected chi connectivity index (χ2v) is 8.16. The molecule has 2 N–H and O–H groups in total. The number of carbonyl (C=O) groups excluding carboxylic acids is 1. The second-order valence-electron chi connectivity index (χ2n) is 6.39. The van der Waals surface area contributed by atoms with Gasteiger partial charge in [-0.2, -0.15) is 5.10 Å². The minimum Gasteiger partial charge on any atom is -0.377 e. The molecule has 1 aliphatic heterocycles. The van der Waals surface area contributed by atoms with E-state index in [9.17, 15) is 13.2 Å². The summed E-state index contributed by atoms with van der Waals surface area (Å²) in [6.45, 7) is 2.09. The number of ether oxygens (including phenoxy) is 1. The van der Waals surface area contributed by atoms with Gasteiger partial charge >= 0.3 is 0 Å². The van der Waals surface area contributed by atoms with Gasteiger partial charge in [0.2, 0.25) is 10.0 Å². The fourth-order valence-corrected chi connectivity index (χ4v) is 3.99. The van der Waals surface area contributed by atoms with Crippen LogP contribution >= 0.6 is 0 Å². The van der Waals surface area contributed by atoms with Crippen LogP contribution in [0.25, 0.3) is 0 Å². The molecule has 146 valence electrons. The Labute approximate surface area is 159 Å². The Morgan fingerprint density at radius 3 is 2.96 bits per heavy atom. The van der Waals surface area contributed by atoms with Crippen molar-refractivity contribution in [1.29, 1.82) is 0 Å². The lowest BCUT2D eigenvalue weighted by Crippen LogP contribution is -2.32. The number of nitrogens with zero attached hydrogens (tertiary/aromatic N) is 2. The van der Waals surface area contributed by atoms with E-state index in [1.54, 1.807) is 23.0 Å². The van der Waals surface area contributed by atoms with Crippen molar-refractivity contribution in [1.82, 2.24) is 19.8 Å². The predicted molar refractivity (Wildman–Crippen MR) is 99.8 cm³/mol. The van der Waals surface area contributed by atoms with Crippen molar-refractivity contribution in [3.8, 4) is 0 Å². The van der Waals surface area contributed by atoms with Crippen LogP contribution in [0.15, 0.2) is 47.6 Å². The lowest BCUT2D eigenvalue weighted by atomic mass is 10.2. The predicted octanol–water partition coefficient (Wildman–Crippen LogP) is 1.16. The second kappa shape index (κ2) is 9.12. The summed E-state index contributed by atoms with van der Waals surface area (Å²) >= 11 is 0. The van der Waals surface area contributed by atoms with Crippen LogP contribution in [-0.4, -0.2) is 49.9 Å². The van der Waals surface area contributed by atoms with Crippen LogP contribution in [0.5, 0.6) is 0 Å². The van der Waals surface area contributed by atoms with Gasteiger partial charge < -0.3 is 10.1 Å². The topological polar surface area (TPSA) is 102 Å². The van der Waals surface area contributed by atoms with E-state index in [1.165, 1.54) is 12.1 Å². The van der Waals surface area contributed by atoms with Crippen molar-refractivity contribution in [3.63, 3.8) is 0 Å². The van der Waals surface area contributed by atoms with E-state index in [-0.39, 0.29) is 23.5 Å². The Balaban J connectivity index is 1.52. The maximum absolute atomic E-state index is 12.4. The van der Waals surface area contributed by atoms with Crippen LogP contribution in [0.4, 0.5) is 0 Å². The summed E-state index contributed by atoms with van der Waals surface area (Å²) in [7, 11) is -3.68. The smallest absolute Gasteiger partial charge is 0.251 e. The molecule has 1 atom stereocenters. The molecule has 8 nitrogen and oxygen atoms in total. The van der Waals surface area contributed by atoms with Gasteiger partial charge in [-0.3, -0.25) is 9.48 Å². The SMILES string of the molecule is O=C(NCCCn1cccn1)c1cccc(S(=O)(=O)NCC2CCCO2)c1. The zero-order valence-electron chi connectivity index (χ0n) is 15.0. The number of rotatable bonds is 9. The number of amides is 1. The lowest BCUT2D eigenvalue weighted by Gasteiger charge is -2.12. The van der Waals surface area contributed by atoms with Crippen molar-refractivity contribution in [2.24, 2.45) is 0 Å². The number of sulfonamides is 1. The van der Waals surface area contributed by atoms with Gasteiger partial charge in [-0.1, -0.05) is 6.07 Å². The highest BCUT2D eigenvalue weighted by atomic mass is 32.2. The summed E-state index contributed by atoms with van der Waals surface area (Å²) < 4.78 is 34.7. The lowest BCUT2D eigenvalue weighted by molar-refractivity contribution is 0.0952. The van der Waals surface area contributed by atoms with E-state index in [0.29, 0.717) is 25.3 Å². The summed E-state index contributed by atoms with van der Waals surface area (Å²) in [6.07, 6.45) is 6.01. The molecule has 0 saturated carbocycles. The first kappa shape index (κ1) is 19.5. The molecular formula is C18H24N4O4S. The van der Waals surface area contributed by atoms with Crippen LogP contribution < -0.4 is 10.0 Å². The van der Waals surface area contributed by atoms with Gasteiger partial charge in [0.1, 0.15) is 0 Å². The third-order valence-corrected chi connectivity index (χ3v) is 5.76. The molecule has 0 spiro atoms. The minimum absolute atomic E-state index is 0.0738. The number of benzene rings is 1. The maximum atomic E-state index is 12.4. The average molecular weight is 392 g/mol. The number of aryl methyl sites for hydroxylation is 1. The summed E-state index contributed by atoms with van der Waals surface area (Å²) in [5.41, 5.74) is 0.314. The first-order valence-corrected chi connectivity index (χ1v) is 10.5. The van der Waals surface area contributed by atoms with Gasteiger partial charge in [-0.05, 0) is 43.5 Å². The number of aromatic nitrogens is 2. The Morgan fingerprint density at radius 1 is 1.33 bits per heavy atom. The summed E-state index contributed by atoms with van der Waals surface area (Å²) in [5, 5.41) is 6.90. The van der Waals surface area contributed by atoms with E-state index >= 15 is 0 Å². The van der Waals surface area contributed by atoms with Crippen LogP contribution in [0.3, 0.4) is 0 Å². The zero-order chi connectivity index (χ0) is 19.1. The van der Waals surface area contributed by atoms with Crippen molar-refractivity contribution >= 4 is 15.9 Å². The number of hydrogen-bond acceptors (Lipinski definition) is 5. The number of carbonyl (C=O) groups is 1. The van der Waals surface area contributed by atoms with Crippen molar-refractivity contribution in [2.45, 2.75) is 36.8 Å². The van der Waals surface area contributed by atoms with Crippen molar-refractivity contribution in [3.05, 3.63) is 48.3 Å². The molecule has 1 fully saturated rings. The highest BCUT2D eigenvalue weighted by molar-refractivity contribution is 7.89. The van der Waals surface area contributed by atoms with Gasteiger partial charge in [0.05, 0.1) is 11.0 Å². The molecule has 1 aromatic carbocycles. The van der Waals surface area contributed by atoms with Crippen molar-refractivity contribution in [2.75, 3.05) is 19.7 Å². The molecule has 1 saturated heterocycles. The maximum Gasteiger partial charge on any atom is 0.251 e. The zero-order valence-corrected chi connectivity index (χ0v) is 15.8. The summed E-state index contributed by atoms with van der Waals surface area (Å²) in [4.78, 5) is 12.4. The van der Waals surface area contributed by atoms with E-state index < -0.39 is 10.0 Å². The molecule has 1 aromatic heterocycles. The molecule has 2 heterocycles. The quantitative estimate of drug-likeness (QED) is 0.624. The van der Waals surface area contributed by atoms with Gasteiger partial charge in [0, 0.05) is 44.2 Å². The Bertz CT molecular complexity index is 846. The van der Waals surface area contributed by atoms with E-state index in [0.717, 1.165) is 19.3 Å². The molecule has 0 radical (unpaired) electrons. The summed E-state index contributed by atoms with van der Waals surface area (Å²) in [5.74, 6) is -0.299. The molecule has 9 heteroatoms. The van der Waals surface area contributed by atoms with Gasteiger partial charge in [0.25, 0.3) is 5.91 Å². The third-order valence-electron chi connectivity index (χ3n) is 4.34. The van der Waals surface area contributed by atoms with Crippen LogP contribution in [0.1, 0.15) is 29.6 Å². The molecule has 1 unspecified atom stereocenters. The van der Waals surface area contributed by atoms with Gasteiger partial charge in [-0.25, -0.2) is 13.1 Å². The van der Waals surface area contributed by atoms with Crippen LogP contribution in [0, 0.1) is 0 Å². The monoisotopic (exact) mass is 392 g/mol. The first-order chi connectivity index (χ1) is 13.0. The molecule has 27 heavy (non-hydrogen) atoms. The molecule has 0 bridgehead atoms. The molecule has 3 rings (SSSR count). The summed E-state index contributed by atoms with van der Waals surface area (Å²) in [6, 6.07) is 7.88. The molecule has 1 aliphatic rings. The number of nitrogens with one attached hydrogen (secondary N) is 2. The minimum atomic E-state index is -3.68. The fourth-order valence-electron chi connectivity index (χ4n) is 2.87. The Morgan fingerprint density at radius 2 is 2.22 bits per heavy atom. The molecular weight excluding hydrogens is 368 g/mol. The normalized spacial score (nSPS) is 17.1. The highest BCUT2D eigenvalue weighted by Crippen LogP contribution is 2.14. The standard InChI is InChI=1S/C18H24N4O4S/c23-18(19-8-3-10-22-11-4-9-20-22)15-5-1-7-17(13-15)27(24,25)21-14-16-6-2-12-26-16/h1,4-5,7,9,11,13,16,21H,2-3,6,8,10,12,14H2,(H,19,23). The molecule has 1 amide bonds. The number of hydrogen-bond donors (Lipinski definition) is 2.